The van der Waals surface area contributed by atoms with Gasteiger partial charge in [0.15, 0.2) is 0 Å². The van der Waals surface area contributed by atoms with Crippen molar-refractivity contribution in [1.82, 2.24) is 0 Å². The molecule has 5 rings (SSSR count). The fourth-order valence-electron chi connectivity index (χ4n) is 3.30. The van der Waals surface area contributed by atoms with Crippen LogP contribution in [0.15, 0.2) is 100 Å². The summed E-state index contributed by atoms with van der Waals surface area (Å²) in [4.78, 5) is 0. The molecule has 0 amide bonds. The smallest absolute Gasteiger partial charge is 0.139 e. The number of benzene rings is 3. The molecule has 0 bridgehead atoms. The largest absolute Gasteiger partial charge is 0.490 e. The Hall–Kier alpha value is -3.72. The van der Waals surface area contributed by atoms with Crippen molar-refractivity contribution in [3.8, 4) is 17.1 Å². The zero-order valence-corrected chi connectivity index (χ0v) is 15.2. The number of ether oxygens (including phenoxy) is 1. The number of para-hydroxylation sites is 1. The van der Waals surface area contributed by atoms with Gasteiger partial charge in [0.05, 0.1) is 5.56 Å². The van der Waals surface area contributed by atoms with Crippen molar-refractivity contribution in [2.24, 2.45) is 0 Å². The molecule has 3 nitrogen and oxygen atoms in total. The second kappa shape index (κ2) is 7.12. The molecule has 0 fully saturated rings. The van der Waals surface area contributed by atoms with Crippen LogP contribution in [0.2, 0.25) is 0 Å². The predicted molar refractivity (Wildman–Crippen MR) is 112 cm³/mol. The summed E-state index contributed by atoms with van der Waals surface area (Å²) in [6.45, 7) is 0.498. The van der Waals surface area contributed by atoms with E-state index in [-0.39, 0.29) is 0 Å². The van der Waals surface area contributed by atoms with Crippen LogP contribution < -0.4 is 4.74 Å². The monoisotopic (exact) mass is 366 g/mol. The van der Waals surface area contributed by atoms with Crippen LogP contribution in [0.1, 0.15) is 5.56 Å². The third-order valence-electron chi connectivity index (χ3n) is 4.69. The van der Waals surface area contributed by atoms with Crippen molar-refractivity contribution in [3.05, 3.63) is 96.8 Å². The van der Waals surface area contributed by atoms with E-state index < -0.39 is 0 Å². The quantitative estimate of drug-likeness (QED) is 0.338. The van der Waals surface area contributed by atoms with Gasteiger partial charge in [-0.1, -0.05) is 54.6 Å². The Morgan fingerprint density at radius 3 is 2.57 bits per heavy atom. The zero-order valence-electron chi connectivity index (χ0n) is 15.2. The van der Waals surface area contributed by atoms with E-state index in [1.807, 2.05) is 72.8 Å². The minimum Gasteiger partial charge on any atom is -0.490 e. The molecule has 5 aromatic rings. The Kier molecular flexibility index (Phi) is 4.19. The molecular formula is C25H18O3. The third-order valence-corrected chi connectivity index (χ3v) is 4.69. The molecule has 0 radical (unpaired) electrons. The molecule has 0 aliphatic carbocycles. The van der Waals surface area contributed by atoms with Crippen molar-refractivity contribution >= 4 is 28.0 Å². The highest BCUT2D eigenvalue weighted by molar-refractivity contribution is 5.95. The lowest BCUT2D eigenvalue weighted by molar-refractivity contribution is 0.364. The minimum absolute atomic E-state index is 0.498. The molecule has 0 saturated carbocycles. The van der Waals surface area contributed by atoms with Gasteiger partial charge >= 0.3 is 0 Å². The number of hydrogen-bond donors (Lipinski definition) is 0. The fourth-order valence-corrected chi connectivity index (χ4v) is 3.30. The van der Waals surface area contributed by atoms with Crippen molar-refractivity contribution in [2.45, 2.75) is 0 Å². The average Bonchev–Trinajstić information content (AvgIpc) is 3.35. The summed E-state index contributed by atoms with van der Waals surface area (Å²) < 4.78 is 17.6. The van der Waals surface area contributed by atoms with Crippen LogP contribution in [0.4, 0.5) is 0 Å². The molecule has 2 aromatic heterocycles. The highest BCUT2D eigenvalue weighted by atomic mass is 16.5. The van der Waals surface area contributed by atoms with Gasteiger partial charge in [-0.3, -0.25) is 0 Å². The van der Waals surface area contributed by atoms with Gasteiger partial charge < -0.3 is 13.6 Å². The van der Waals surface area contributed by atoms with Crippen LogP contribution >= 0.6 is 0 Å². The summed E-state index contributed by atoms with van der Waals surface area (Å²) in [6.07, 6.45) is 5.80. The first-order valence-corrected chi connectivity index (χ1v) is 9.21. The van der Waals surface area contributed by atoms with E-state index in [1.165, 1.54) is 0 Å². The van der Waals surface area contributed by atoms with Gasteiger partial charge in [0.1, 0.15) is 35.5 Å². The number of fused-ring (bicyclic) bond motifs is 2. The third kappa shape index (κ3) is 3.19. The highest BCUT2D eigenvalue weighted by Crippen LogP contribution is 2.35. The number of hydrogen-bond acceptors (Lipinski definition) is 3. The molecule has 0 saturated heterocycles. The SMILES string of the molecule is C(=C\c1ccccc1)/COc1ccc2occ(-c3cc4ccccc4o3)c2c1. The molecular weight excluding hydrogens is 348 g/mol. The first-order chi connectivity index (χ1) is 13.9. The number of rotatable bonds is 5. The molecule has 2 heterocycles. The Morgan fingerprint density at radius 2 is 1.68 bits per heavy atom. The van der Waals surface area contributed by atoms with E-state index >= 15 is 0 Å². The first kappa shape index (κ1) is 16.5. The van der Waals surface area contributed by atoms with Gasteiger partial charge in [-0.15, -0.1) is 0 Å². The van der Waals surface area contributed by atoms with Gasteiger partial charge in [-0.25, -0.2) is 0 Å². The molecule has 3 heteroatoms. The van der Waals surface area contributed by atoms with E-state index in [0.717, 1.165) is 44.6 Å². The summed E-state index contributed by atoms with van der Waals surface area (Å²) in [5.74, 6) is 1.59. The van der Waals surface area contributed by atoms with Crippen LogP contribution in [-0.4, -0.2) is 6.61 Å². The summed E-state index contributed by atoms with van der Waals surface area (Å²) in [5.41, 5.74) is 3.76. The minimum atomic E-state index is 0.498. The first-order valence-electron chi connectivity index (χ1n) is 9.21. The Labute approximate surface area is 162 Å². The van der Waals surface area contributed by atoms with Crippen LogP contribution in [0.25, 0.3) is 39.3 Å². The highest BCUT2D eigenvalue weighted by Gasteiger charge is 2.13. The molecule has 3 aromatic carbocycles. The average molecular weight is 366 g/mol. The standard InChI is InChI=1S/C25H18O3/c1-2-7-18(8-3-1)9-6-14-26-20-12-13-24-21(16-20)22(17-27-24)25-15-19-10-4-5-11-23(19)28-25/h1-13,15-17H,14H2/b9-6+. The molecule has 0 N–H and O–H groups in total. The summed E-state index contributed by atoms with van der Waals surface area (Å²) >= 11 is 0. The van der Waals surface area contributed by atoms with E-state index in [9.17, 15) is 0 Å². The van der Waals surface area contributed by atoms with Crippen molar-refractivity contribution < 1.29 is 13.6 Å². The summed E-state index contributed by atoms with van der Waals surface area (Å²) in [6, 6.07) is 26.0. The zero-order chi connectivity index (χ0) is 18.8. The van der Waals surface area contributed by atoms with Crippen LogP contribution in [0.3, 0.4) is 0 Å². The van der Waals surface area contributed by atoms with E-state index in [1.54, 1.807) is 6.26 Å². The van der Waals surface area contributed by atoms with Crippen molar-refractivity contribution in [3.63, 3.8) is 0 Å². The van der Waals surface area contributed by atoms with Crippen LogP contribution in [-0.2, 0) is 0 Å². The van der Waals surface area contributed by atoms with Gasteiger partial charge in [-0.05, 0) is 42.0 Å². The van der Waals surface area contributed by atoms with Crippen LogP contribution in [0, 0.1) is 0 Å². The maximum atomic E-state index is 6.00. The molecule has 0 spiro atoms. The maximum Gasteiger partial charge on any atom is 0.139 e. The number of furan rings is 2. The molecule has 0 atom stereocenters. The van der Waals surface area contributed by atoms with E-state index in [0.29, 0.717) is 6.61 Å². The van der Waals surface area contributed by atoms with Gasteiger partial charge in [0, 0.05) is 10.8 Å². The molecule has 28 heavy (non-hydrogen) atoms. The lowest BCUT2D eigenvalue weighted by Gasteiger charge is -2.03. The Balaban J connectivity index is 1.39. The van der Waals surface area contributed by atoms with Crippen molar-refractivity contribution in [2.75, 3.05) is 6.61 Å². The molecule has 0 unspecified atom stereocenters. The lowest BCUT2D eigenvalue weighted by atomic mass is 10.1. The molecule has 136 valence electrons. The van der Waals surface area contributed by atoms with Crippen molar-refractivity contribution in [1.29, 1.82) is 0 Å². The topological polar surface area (TPSA) is 35.5 Å². The molecule has 0 aliphatic rings. The predicted octanol–water partition coefficient (Wildman–Crippen LogP) is 6.94. The van der Waals surface area contributed by atoms with Crippen LogP contribution in [0.5, 0.6) is 5.75 Å². The second-order valence-corrected chi connectivity index (χ2v) is 6.58. The normalized spacial score (nSPS) is 11.6. The van der Waals surface area contributed by atoms with Gasteiger partial charge in [-0.2, -0.15) is 0 Å². The lowest BCUT2D eigenvalue weighted by Crippen LogP contribution is -1.92. The Bertz CT molecular complexity index is 1230. The van der Waals surface area contributed by atoms with Gasteiger partial charge in [0.2, 0.25) is 0 Å². The second-order valence-electron chi connectivity index (χ2n) is 6.58. The summed E-state index contributed by atoms with van der Waals surface area (Å²) in [7, 11) is 0. The van der Waals surface area contributed by atoms with E-state index in [4.69, 9.17) is 13.6 Å². The fraction of sp³-hybridized carbons (Fsp3) is 0.0400. The summed E-state index contributed by atoms with van der Waals surface area (Å²) in [5, 5.41) is 2.05. The Morgan fingerprint density at radius 1 is 0.821 bits per heavy atom. The molecule has 0 aliphatic heterocycles. The van der Waals surface area contributed by atoms with Gasteiger partial charge in [0.25, 0.3) is 0 Å². The van der Waals surface area contributed by atoms with E-state index in [2.05, 4.69) is 18.2 Å². The maximum absolute atomic E-state index is 6.00.